The van der Waals surface area contributed by atoms with E-state index in [2.05, 4.69) is 10.3 Å². The minimum atomic E-state index is -0.160. The van der Waals surface area contributed by atoms with Crippen molar-refractivity contribution in [3.8, 4) is 5.75 Å². The van der Waals surface area contributed by atoms with Crippen LogP contribution in [0.4, 0.5) is 10.8 Å². The fourth-order valence-electron chi connectivity index (χ4n) is 3.01. The number of benzene rings is 2. The highest BCUT2D eigenvalue weighted by molar-refractivity contribution is 8.00. The number of rotatable bonds is 6. The number of aromatic nitrogens is 1. The van der Waals surface area contributed by atoms with Gasteiger partial charge < -0.3 is 15.0 Å². The van der Waals surface area contributed by atoms with E-state index in [1.54, 1.807) is 4.90 Å². The third-order valence-electron chi connectivity index (χ3n) is 4.29. The second-order valence-corrected chi connectivity index (χ2v) is 8.23. The first-order valence-electron chi connectivity index (χ1n) is 8.99. The average Bonchev–Trinajstić information content (AvgIpc) is 3.09. The van der Waals surface area contributed by atoms with Crippen LogP contribution in [-0.2, 0) is 9.59 Å². The largest absolute Gasteiger partial charge is 0.494 e. The van der Waals surface area contributed by atoms with Crippen molar-refractivity contribution in [2.45, 2.75) is 18.2 Å². The molecule has 2 heterocycles. The summed E-state index contributed by atoms with van der Waals surface area (Å²) in [7, 11) is 0. The standard InChI is InChI=1S/C20H19N3O3S2/c1-2-26-13-7-8-14-17(11-13)28-20(21-14)22-18(24)9-10-23-15-5-3-4-6-16(15)27-12-19(23)25/h3-8,11H,2,9-10,12H2,1H3,(H,21,22,24). The summed E-state index contributed by atoms with van der Waals surface area (Å²) in [6, 6.07) is 13.5. The van der Waals surface area contributed by atoms with Gasteiger partial charge in [0.15, 0.2) is 5.13 Å². The number of carbonyl (C=O) groups is 2. The van der Waals surface area contributed by atoms with Crippen LogP contribution in [0.5, 0.6) is 5.75 Å². The number of ether oxygens (including phenoxy) is 1. The smallest absolute Gasteiger partial charge is 0.237 e. The number of amides is 2. The number of para-hydroxylation sites is 1. The van der Waals surface area contributed by atoms with Crippen LogP contribution < -0.4 is 15.0 Å². The molecule has 1 aromatic heterocycles. The van der Waals surface area contributed by atoms with E-state index in [9.17, 15) is 9.59 Å². The predicted octanol–water partition coefficient (Wildman–Crippen LogP) is 4.16. The molecule has 0 bridgehead atoms. The molecule has 0 aliphatic carbocycles. The van der Waals surface area contributed by atoms with Crippen LogP contribution in [0.2, 0.25) is 0 Å². The highest BCUT2D eigenvalue weighted by Gasteiger charge is 2.24. The Morgan fingerprint density at radius 3 is 3.00 bits per heavy atom. The maximum atomic E-state index is 12.4. The molecule has 2 aromatic carbocycles. The second kappa shape index (κ2) is 8.20. The molecule has 0 fully saturated rings. The Morgan fingerprint density at radius 2 is 2.14 bits per heavy atom. The molecule has 2 amide bonds. The third-order valence-corrected chi connectivity index (χ3v) is 6.27. The molecule has 4 rings (SSSR count). The molecule has 0 unspecified atom stereocenters. The predicted molar refractivity (Wildman–Crippen MR) is 114 cm³/mol. The first kappa shape index (κ1) is 18.8. The zero-order valence-electron chi connectivity index (χ0n) is 15.3. The Balaban J connectivity index is 1.41. The van der Waals surface area contributed by atoms with Gasteiger partial charge in [0.25, 0.3) is 0 Å². The molecule has 1 aliphatic rings. The summed E-state index contributed by atoms with van der Waals surface area (Å²) in [5.41, 5.74) is 1.70. The van der Waals surface area contributed by atoms with Crippen molar-refractivity contribution in [3.63, 3.8) is 0 Å². The molecule has 0 spiro atoms. The Kier molecular flexibility index (Phi) is 5.50. The fourth-order valence-corrected chi connectivity index (χ4v) is 4.86. The maximum absolute atomic E-state index is 12.4. The Bertz CT molecular complexity index is 1030. The highest BCUT2D eigenvalue weighted by Crippen LogP contribution is 2.35. The first-order chi connectivity index (χ1) is 13.6. The molecule has 1 aliphatic heterocycles. The van der Waals surface area contributed by atoms with Crippen LogP contribution in [0, 0.1) is 0 Å². The molecule has 0 saturated heterocycles. The van der Waals surface area contributed by atoms with E-state index in [4.69, 9.17) is 4.74 Å². The van der Waals surface area contributed by atoms with Crippen molar-refractivity contribution >= 4 is 55.9 Å². The molecular formula is C20H19N3O3S2. The van der Waals surface area contributed by atoms with E-state index in [0.29, 0.717) is 24.0 Å². The van der Waals surface area contributed by atoms with Gasteiger partial charge in [-0.1, -0.05) is 23.5 Å². The topological polar surface area (TPSA) is 71.5 Å². The van der Waals surface area contributed by atoms with Crippen molar-refractivity contribution < 1.29 is 14.3 Å². The molecule has 0 saturated carbocycles. The lowest BCUT2D eigenvalue weighted by atomic mass is 10.2. The SMILES string of the molecule is CCOc1ccc2nc(NC(=O)CCN3C(=O)CSc4ccccc43)sc2c1. The van der Waals surface area contributed by atoms with Gasteiger partial charge in [-0.3, -0.25) is 9.59 Å². The summed E-state index contributed by atoms with van der Waals surface area (Å²) in [4.78, 5) is 31.9. The molecule has 8 heteroatoms. The molecule has 0 radical (unpaired) electrons. The summed E-state index contributed by atoms with van der Waals surface area (Å²) >= 11 is 2.94. The Labute approximate surface area is 170 Å². The molecule has 6 nitrogen and oxygen atoms in total. The number of nitrogens with one attached hydrogen (secondary N) is 1. The number of hydrogen-bond donors (Lipinski definition) is 1. The Morgan fingerprint density at radius 1 is 1.29 bits per heavy atom. The number of carbonyl (C=O) groups excluding carboxylic acids is 2. The van der Waals surface area contributed by atoms with E-state index in [1.807, 2.05) is 49.4 Å². The monoisotopic (exact) mass is 413 g/mol. The number of hydrogen-bond acceptors (Lipinski definition) is 6. The Hall–Kier alpha value is -2.58. The van der Waals surface area contributed by atoms with Crippen LogP contribution in [0.15, 0.2) is 47.4 Å². The molecular weight excluding hydrogens is 394 g/mol. The molecule has 144 valence electrons. The molecule has 3 aromatic rings. The van der Waals surface area contributed by atoms with Crippen LogP contribution in [0.3, 0.4) is 0 Å². The van der Waals surface area contributed by atoms with Crippen LogP contribution in [-0.4, -0.2) is 35.7 Å². The normalized spacial score (nSPS) is 13.5. The van der Waals surface area contributed by atoms with E-state index < -0.39 is 0 Å². The van der Waals surface area contributed by atoms with E-state index in [1.165, 1.54) is 23.1 Å². The minimum Gasteiger partial charge on any atom is -0.494 e. The zero-order chi connectivity index (χ0) is 19.5. The second-order valence-electron chi connectivity index (χ2n) is 6.18. The van der Waals surface area contributed by atoms with Gasteiger partial charge in [-0.25, -0.2) is 4.98 Å². The summed E-state index contributed by atoms with van der Waals surface area (Å²) in [6.07, 6.45) is 0.213. The number of anilines is 2. The molecule has 0 atom stereocenters. The number of nitrogens with zero attached hydrogens (tertiary/aromatic N) is 2. The van der Waals surface area contributed by atoms with Gasteiger partial charge in [0.2, 0.25) is 11.8 Å². The first-order valence-corrected chi connectivity index (χ1v) is 10.8. The van der Waals surface area contributed by atoms with Crippen molar-refractivity contribution in [2.75, 3.05) is 29.1 Å². The lowest BCUT2D eigenvalue weighted by Gasteiger charge is -2.28. The third kappa shape index (κ3) is 3.98. The van der Waals surface area contributed by atoms with Gasteiger partial charge in [0.1, 0.15) is 5.75 Å². The number of thiazole rings is 1. The van der Waals surface area contributed by atoms with Crippen LogP contribution >= 0.6 is 23.1 Å². The summed E-state index contributed by atoms with van der Waals surface area (Å²) in [5.74, 6) is 1.06. The van der Waals surface area contributed by atoms with Gasteiger partial charge >= 0.3 is 0 Å². The number of thioether (sulfide) groups is 1. The van der Waals surface area contributed by atoms with Crippen LogP contribution in [0.1, 0.15) is 13.3 Å². The van der Waals surface area contributed by atoms with E-state index >= 15 is 0 Å². The molecule has 28 heavy (non-hydrogen) atoms. The molecule has 1 N–H and O–H groups in total. The van der Waals surface area contributed by atoms with Crippen LogP contribution in [0.25, 0.3) is 10.2 Å². The lowest BCUT2D eigenvalue weighted by Crippen LogP contribution is -2.37. The average molecular weight is 414 g/mol. The minimum absolute atomic E-state index is 0.0277. The van der Waals surface area contributed by atoms with Crippen molar-refractivity contribution in [1.82, 2.24) is 4.98 Å². The van der Waals surface area contributed by atoms with Crippen molar-refractivity contribution in [3.05, 3.63) is 42.5 Å². The van der Waals surface area contributed by atoms with Gasteiger partial charge in [-0.05, 0) is 37.3 Å². The van der Waals surface area contributed by atoms with Crippen molar-refractivity contribution in [2.24, 2.45) is 0 Å². The van der Waals surface area contributed by atoms with Gasteiger partial charge in [0, 0.05) is 17.9 Å². The van der Waals surface area contributed by atoms with E-state index in [0.717, 1.165) is 26.5 Å². The zero-order valence-corrected chi connectivity index (χ0v) is 16.9. The van der Waals surface area contributed by atoms with Gasteiger partial charge in [-0.2, -0.15) is 0 Å². The summed E-state index contributed by atoms with van der Waals surface area (Å²) in [5, 5.41) is 3.40. The van der Waals surface area contributed by atoms with Gasteiger partial charge in [-0.15, -0.1) is 11.8 Å². The summed E-state index contributed by atoms with van der Waals surface area (Å²) < 4.78 is 6.46. The number of fused-ring (bicyclic) bond motifs is 2. The quantitative estimate of drug-likeness (QED) is 0.657. The van der Waals surface area contributed by atoms with E-state index in [-0.39, 0.29) is 18.2 Å². The van der Waals surface area contributed by atoms with Gasteiger partial charge in [0.05, 0.1) is 28.3 Å². The fraction of sp³-hybridized carbons (Fsp3) is 0.250. The lowest BCUT2D eigenvalue weighted by molar-refractivity contribution is -0.117. The highest BCUT2D eigenvalue weighted by atomic mass is 32.2. The summed E-state index contributed by atoms with van der Waals surface area (Å²) in [6.45, 7) is 2.89. The maximum Gasteiger partial charge on any atom is 0.237 e. The van der Waals surface area contributed by atoms with Crippen molar-refractivity contribution in [1.29, 1.82) is 0 Å².